The highest BCUT2D eigenvalue weighted by Gasteiger charge is 2.37. The van der Waals surface area contributed by atoms with Crippen LogP contribution in [0.25, 0.3) is 0 Å². The lowest BCUT2D eigenvalue weighted by Gasteiger charge is -2.28. The Bertz CT molecular complexity index is 904. The molecule has 0 radical (unpaired) electrons. The van der Waals surface area contributed by atoms with E-state index in [0.717, 1.165) is 5.56 Å². The quantitative estimate of drug-likeness (QED) is 0.146. The number of nitrogens with one attached hydrogen (secondary N) is 1. The van der Waals surface area contributed by atoms with Crippen LogP contribution < -0.4 is 27.7 Å². The number of carbonyl (C=O) groups excluding carboxylic acids is 2. The number of hydrogen-bond donors (Lipinski definition) is 5. The van der Waals surface area contributed by atoms with E-state index in [1.54, 1.807) is 0 Å². The van der Waals surface area contributed by atoms with Crippen LogP contribution in [-0.2, 0) is 26.0 Å². The largest absolute Gasteiger partial charge is 0.370 e. The van der Waals surface area contributed by atoms with Gasteiger partial charge in [-0.2, -0.15) is 0 Å². The van der Waals surface area contributed by atoms with Gasteiger partial charge in [0.05, 0.1) is 11.8 Å². The zero-order valence-electron chi connectivity index (χ0n) is 18.0. The fraction of sp³-hybridized carbons (Fsp3) is 0.550. The molecule has 11 nitrogen and oxygen atoms in total. The van der Waals surface area contributed by atoms with Gasteiger partial charge in [-0.1, -0.05) is 30.3 Å². The number of benzene rings is 1. The highest BCUT2D eigenvalue weighted by Crippen LogP contribution is 2.20. The maximum absolute atomic E-state index is 12.9. The zero-order chi connectivity index (χ0) is 23.7. The second-order valence-electron chi connectivity index (χ2n) is 7.97. The number of amides is 2. The number of primary sulfonamides is 1. The predicted octanol–water partition coefficient (Wildman–Crippen LogP) is -1.63. The number of carbonyl (C=O) groups is 2. The number of guanidine groups is 1. The van der Waals surface area contributed by atoms with Gasteiger partial charge in [0.1, 0.15) is 6.04 Å². The molecule has 0 bridgehead atoms. The average molecular weight is 468 g/mol. The van der Waals surface area contributed by atoms with Crippen LogP contribution >= 0.6 is 0 Å². The van der Waals surface area contributed by atoms with Crippen LogP contribution in [0.1, 0.15) is 31.2 Å². The van der Waals surface area contributed by atoms with Gasteiger partial charge in [-0.3, -0.25) is 14.6 Å². The lowest BCUT2D eigenvalue weighted by molar-refractivity contribution is -0.139. The maximum atomic E-state index is 12.9. The smallest absolute Gasteiger partial charge is 0.243 e. The summed E-state index contributed by atoms with van der Waals surface area (Å²) in [5.74, 6) is -1.21. The first kappa shape index (κ1) is 25.6. The summed E-state index contributed by atoms with van der Waals surface area (Å²) in [4.78, 5) is 31.2. The van der Waals surface area contributed by atoms with E-state index in [9.17, 15) is 18.0 Å². The summed E-state index contributed by atoms with van der Waals surface area (Å²) in [6, 6.07) is 7.21. The van der Waals surface area contributed by atoms with E-state index in [1.165, 1.54) is 4.90 Å². The zero-order valence-corrected chi connectivity index (χ0v) is 18.8. The maximum Gasteiger partial charge on any atom is 0.243 e. The van der Waals surface area contributed by atoms with Crippen molar-refractivity contribution in [1.82, 2.24) is 10.2 Å². The SMILES string of the molecule is NC(N)=NCCC[C@@H](CS(N)(=O)=O)NC(=O)[C@@H]1CCCN1C(=O)[C@H](N)Cc1ccccc1. The number of aliphatic imine (C=N–C) groups is 1. The molecule has 0 unspecified atom stereocenters. The highest BCUT2D eigenvalue weighted by atomic mass is 32.2. The molecule has 2 rings (SSSR count). The van der Waals surface area contributed by atoms with Crippen molar-refractivity contribution in [2.45, 2.75) is 50.2 Å². The van der Waals surface area contributed by atoms with Gasteiger partial charge in [-0.25, -0.2) is 13.6 Å². The van der Waals surface area contributed by atoms with Gasteiger partial charge in [0, 0.05) is 19.1 Å². The molecule has 1 aliphatic rings. The Morgan fingerprint density at radius 3 is 2.53 bits per heavy atom. The molecule has 1 aromatic carbocycles. The summed E-state index contributed by atoms with van der Waals surface area (Å²) in [6.45, 7) is 0.714. The van der Waals surface area contributed by atoms with Gasteiger partial charge in [-0.15, -0.1) is 0 Å². The minimum absolute atomic E-state index is 0.0658. The summed E-state index contributed by atoms with van der Waals surface area (Å²) in [5.41, 5.74) is 17.6. The molecule has 0 saturated carbocycles. The van der Waals surface area contributed by atoms with Crippen molar-refractivity contribution in [2.24, 2.45) is 27.3 Å². The van der Waals surface area contributed by atoms with E-state index in [0.29, 0.717) is 45.2 Å². The second kappa shape index (κ2) is 11.8. The third kappa shape index (κ3) is 8.44. The van der Waals surface area contributed by atoms with Crippen molar-refractivity contribution in [3.63, 3.8) is 0 Å². The molecule has 9 N–H and O–H groups in total. The molecular formula is C20H33N7O4S. The molecule has 12 heteroatoms. The normalized spacial score (nSPS) is 18.1. The summed E-state index contributed by atoms with van der Waals surface area (Å²) in [7, 11) is -3.82. The van der Waals surface area contributed by atoms with E-state index in [-0.39, 0.29) is 11.9 Å². The van der Waals surface area contributed by atoms with Crippen molar-refractivity contribution in [1.29, 1.82) is 0 Å². The Morgan fingerprint density at radius 2 is 1.91 bits per heavy atom. The number of hydrogen-bond acceptors (Lipinski definition) is 6. The number of likely N-dealkylation sites (tertiary alicyclic amines) is 1. The summed E-state index contributed by atoms with van der Waals surface area (Å²) in [6.07, 6.45) is 2.27. The number of sulfonamides is 1. The molecule has 1 aliphatic heterocycles. The fourth-order valence-corrected chi connectivity index (χ4v) is 4.60. The van der Waals surface area contributed by atoms with Gasteiger partial charge in [-0.05, 0) is 37.7 Å². The molecule has 1 heterocycles. The summed E-state index contributed by atoms with van der Waals surface area (Å²) in [5, 5.41) is 7.91. The van der Waals surface area contributed by atoms with Crippen molar-refractivity contribution in [3.8, 4) is 0 Å². The fourth-order valence-electron chi connectivity index (χ4n) is 3.79. The van der Waals surface area contributed by atoms with E-state index < -0.39 is 39.8 Å². The molecule has 0 spiro atoms. The lowest BCUT2D eigenvalue weighted by atomic mass is 10.0. The Morgan fingerprint density at radius 1 is 1.22 bits per heavy atom. The van der Waals surface area contributed by atoms with Crippen molar-refractivity contribution in [3.05, 3.63) is 35.9 Å². The van der Waals surface area contributed by atoms with E-state index >= 15 is 0 Å². The van der Waals surface area contributed by atoms with Gasteiger partial charge in [0.2, 0.25) is 21.8 Å². The van der Waals surface area contributed by atoms with Crippen molar-refractivity contribution in [2.75, 3.05) is 18.8 Å². The minimum Gasteiger partial charge on any atom is -0.370 e. The number of nitrogens with zero attached hydrogens (tertiary/aromatic N) is 2. The van der Waals surface area contributed by atoms with Crippen LogP contribution in [0.5, 0.6) is 0 Å². The first-order chi connectivity index (χ1) is 15.1. The topological polar surface area (TPSA) is 200 Å². The van der Waals surface area contributed by atoms with Crippen LogP contribution in [-0.4, -0.2) is 68.1 Å². The third-order valence-electron chi connectivity index (χ3n) is 5.24. The van der Waals surface area contributed by atoms with Gasteiger partial charge < -0.3 is 27.4 Å². The molecule has 0 aromatic heterocycles. The first-order valence-electron chi connectivity index (χ1n) is 10.5. The Balaban J connectivity index is 2.00. The van der Waals surface area contributed by atoms with Crippen LogP contribution in [0.3, 0.4) is 0 Å². The van der Waals surface area contributed by atoms with Gasteiger partial charge in [0.25, 0.3) is 0 Å². The van der Waals surface area contributed by atoms with E-state index in [1.807, 2.05) is 30.3 Å². The van der Waals surface area contributed by atoms with E-state index in [4.69, 9.17) is 22.3 Å². The first-order valence-corrected chi connectivity index (χ1v) is 12.2. The van der Waals surface area contributed by atoms with Gasteiger partial charge in [0.15, 0.2) is 5.96 Å². The monoisotopic (exact) mass is 467 g/mol. The predicted molar refractivity (Wildman–Crippen MR) is 123 cm³/mol. The molecule has 32 heavy (non-hydrogen) atoms. The Hall–Kier alpha value is -2.70. The molecule has 2 amide bonds. The second-order valence-corrected chi connectivity index (χ2v) is 9.63. The van der Waals surface area contributed by atoms with E-state index in [2.05, 4.69) is 10.3 Å². The highest BCUT2D eigenvalue weighted by molar-refractivity contribution is 7.89. The average Bonchev–Trinajstić information content (AvgIpc) is 3.20. The number of nitrogens with two attached hydrogens (primary N) is 4. The van der Waals surface area contributed by atoms with Gasteiger partial charge >= 0.3 is 0 Å². The summed E-state index contributed by atoms with van der Waals surface area (Å²) < 4.78 is 23.2. The van der Waals surface area contributed by atoms with Crippen molar-refractivity contribution < 1.29 is 18.0 Å². The third-order valence-corrected chi connectivity index (χ3v) is 6.11. The van der Waals surface area contributed by atoms with Crippen LogP contribution in [0.2, 0.25) is 0 Å². The molecule has 3 atom stereocenters. The minimum atomic E-state index is -3.82. The standard InChI is InChI=1S/C20H33N7O4S/c21-16(12-14-6-2-1-3-7-14)19(29)27-11-5-9-17(27)18(28)26-15(13-32(24,30)31)8-4-10-25-20(22)23/h1-3,6-7,15-17H,4-5,8-13,21H2,(H,26,28)(H4,22,23,25)(H2,24,30,31)/t15-,16+,17-/m0/s1. The molecule has 1 saturated heterocycles. The van der Waals surface area contributed by atoms with Crippen LogP contribution in [0, 0.1) is 0 Å². The molecule has 1 aromatic rings. The molecular weight excluding hydrogens is 434 g/mol. The Labute approximate surface area is 188 Å². The van der Waals surface area contributed by atoms with Crippen LogP contribution in [0.15, 0.2) is 35.3 Å². The lowest BCUT2D eigenvalue weighted by Crippen LogP contribution is -2.54. The number of rotatable bonds is 11. The van der Waals surface area contributed by atoms with Crippen LogP contribution in [0.4, 0.5) is 0 Å². The molecule has 1 fully saturated rings. The molecule has 0 aliphatic carbocycles. The summed E-state index contributed by atoms with van der Waals surface area (Å²) >= 11 is 0. The van der Waals surface area contributed by atoms with Crippen molar-refractivity contribution >= 4 is 27.8 Å². The molecule has 178 valence electrons. The Kier molecular flexibility index (Phi) is 9.42.